The number of nitro groups is 1. The third kappa shape index (κ3) is 4.30. The maximum absolute atomic E-state index is 13.5. The van der Waals surface area contributed by atoms with Crippen LogP contribution in [0.15, 0.2) is 66.4 Å². The number of nitrogens with zero attached hydrogens (tertiary/aromatic N) is 2. The zero-order valence-corrected chi connectivity index (χ0v) is 18.7. The van der Waals surface area contributed by atoms with E-state index in [0.29, 0.717) is 5.56 Å². The Balaban J connectivity index is 1.83. The summed E-state index contributed by atoms with van der Waals surface area (Å²) in [5.74, 6) is -0.208. The summed E-state index contributed by atoms with van der Waals surface area (Å²) >= 11 is 12.7. The summed E-state index contributed by atoms with van der Waals surface area (Å²) in [6.45, 7) is 0. The Bertz CT molecular complexity index is 1260. The molecule has 1 atom stereocenters. The molecule has 3 aromatic rings. The second-order valence-electron chi connectivity index (χ2n) is 7.14. The number of carbonyl (C=O) groups excluding carboxylic acids is 1. The van der Waals surface area contributed by atoms with Crippen LogP contribution in [0.3, 0.4) is 0 Å². The van der Waals surface area contributed by atoms with Crippen molar-refractivity contribution in [3.8, 4) is 11.5 Å². The molecule has 0 aliphatic carbocycles. The standard InChI is InChI=1S/C23H17Cl2N3O5/c1-33-20-10-13(7-8-19(20)29)9-18-23(30)27(22(26-18)14-5-3-2-4-6-14)21-16(24)11-15(28(31)32)12-17(21)25/h2-12,22,26,29H,1H3/b18-9-. The van der Waals surface area contributed by atoms with Crippen molar-refractivity contribution in [1.29, 1.82) is 0 Å². The molecule has 1 aliphatic heterocycles. The third-order valence-electron chi connectivity index (χ3n) is 5.08. The van der Waals surface area contributed by atoms with Gasteiger partial charge >= 0.3 is 0 Å². The minimum Gasteiger partial charge on any atom is -0.504 e. The molecule has 1 fully saturated rings. The summed E-state index contributed by atoms with van der Waals surface area (Å²) in [7, 11) is 1.43. The van der Waals surface area contributed by atoms with Gasteiger partial charge in [-0.25, -0.2) is 0 Å². The van der Waals surface area contributed by atoms with Crippen molar-refractivity contribution >= 4 is 46.6 Å². The Morgan fingerprint density at radius 2 is 1.79 bits per heavy atom. The number of benzene rings is 3. The van der Waals surface area contributed by atoms with E-state index in [1.54, 1.807) is 18.2 Å². The van der Waals surface area contributed by atoms with E-state index in [2.05, 4.69) is 5.32 Å². The van der Waals surface area contributed by atoms with E-state index in [1.807, 2.05) is 30.3 Å². The molecule has 3 aromatic carbocycles. The second-order valence-corrected chi connectivity index (χ2v) is 7.95. The molecule has 0 aromatic heterocycles. The number of hydrogen-bond donors (Lipinski definition) is 2. The average Bonchev–Trinajstić information content (AvgIpc) is 3.11. The fraction of sp³-hybridized carbons (Fsp3) is 0.0870. The Morgan fingerprint density at radius 1 is 1.12 bits per heavy atom. The van der Waals surface area contributed by atoms with Crippen molar-refractivity contribution < 1.29 is 19.6 Å². The molecule has 0 radical (unpaired) electrons. The largest absolute Gasteiger partial charge is 0.504 e. The summed E-state index contributed by atoms with van der Waals surface area (Å²) < 4.78 is 5.13. The van der Waals surface area contributed by atoms with Gasteiger partial charge in [-0.05, 0) is 29.3 Å². The molecule has 1 amide bonds. The molecule has 1 saturated heterocycles. The summed E-state index contributed by atoms with van der Waals surface area (Å²) in [5, 5.41) is 24.1. The van der Waals surface area contributed by atoms with Crippen LogP contribution in [0.4, 0.5) is 11.4 Å². The van der Waals surface area contributed by atoms with E-state index >= 15 is 0 Å². The highest BCUT2D eigenvalue weighted by Crippen LogP contribution is 2.43. The number of phenols is 1. The number of phenolic OH excluding ortho intramolecular Hbond substituents is 1. The molecule has 0 bridgehead atoms. The number of ether oxygens (including phenoxy) is 1. The Kier molecular flexibility index (Phi) is 6.13. The van der Waals surface area contributed by atoms with Crippen molar-refractivity contribution in [2.45, 2.75) is 6.17 Å². The number of nitro benzene ring substituents is 1. The molecular weight excluding hydrogens is 469 g/mol. The molecule has 1 heterocycles. The Labute approximate surface area is 198 Å². The van der Waals surface area contributed by atoms with Crippen molar-refractivity contribution in [3.63, 3.8) is 0 Å². The molecule has 1 aliphatic rings. The lowest BCUT2D eigenvalue weighted by molar-refractivity contribution is -0.384. The van der Waals surface area contributed by atoms with Gasteiger partial charge in [0.05, 0.1) is 27.8 Å². The summed E-state index contributed by atoms with van der Waals surface area (Å²) in [5.41, 5.74) is 1.47. The van der Waals surface area contributed by atoms with Crippen LogP contribution in [0.5, 0.6) is 11.5 Å². The highest BCUT2D eigenvalue weighted by molar-refractivity contribution is 6.40. The first-order chi connectivity index (χ1) is 15.8. The molecule has 33 heavy (non-hydrogen) atoms. The van der Waals surface area contributed by atoms with Gasteiger partial charge in [0.1, 0.15) is 11.9 Å². The number of halogens is 2. The third-order valence-corrected chi connectivity index (χ3v) is 5.66. The monoisotopic (exact) mass is 485 g/mol. The van der Waals surface area contributed by atoms with Gasteiger partial charge in [0, 0.05) is 12.1 Å². The van der Waals surface area contributed by atoms with Crippen LogP contribution in [-0.4, -0.2) is 23.0 Å². The normalized spacial score (nSPS) is 16.7. The molecule has 10 heteroatoms. The number of hydrogen-bond acceptors (Lipinski definition) is 6. The molecule has 0 saturated carbocycles. The van der Waals surface area contributed by atoms with E-state index < -0.39 is 17.0 Å². The maximum atomic E-state index is 13.5. The van der Waals surface area contributed by atoms with Gasteiger partial charge in [0.25, 0.3) is 11.6 Å². The van der Waals surface area contributed by atoms with E-state index in [4.69, 9.17) is 27.9 Å². The van der Waals surface area contributed by atoms with Crippen LogP contribution >= 0.6 is 23.2 Å². The molecule has 8 nitrogen and oxygen atoms in total. The van der Waals surface area contributed by atoms with Gasteiger partial charge in [0.2, 0.25) is 0 Å². The molecule has 1 unspecified atom stereocenters. The fourth-order valence-corrected chi connectivity index (χ4v) is 4.22. The summed E-state index contributed by atoms with van der Waals surface area (Å²) in [6, 6.07) is 16.1. The van der Waals surface area contributed by atoms with Crippen molar-refractivity contribution in [2.24, 2.45) is 0 Å². The van der Waals surface area contributed by atoms with Crippen LogP contribution in [0.2, 0.25) is 10.0 Å². The van der Waals surface area contributed by atoms with Crippen LogP contribution < -0.4 is 15.0 Å². The van der Waals surface area contributed by atoms with Gasteiger partial charge in [-0.3, -0.25) is 19.8 Å². The van der Waals surface area contributed by atoms with Crippen molar-refractivity contribution in [1.82, 2.24) is 5.32 Å². The van der Waals surface area contributed by atoms with E-state index in [-0.39, 0.29) is 38.6 Å². The van der Waals surface area contributed by atoms with E-state index in [1.165, 1.54) is 18.1 Å². The first-order valence-corrected chi connectivity index (χ1v) is 10.4. The summed E-state index contributed by atoms with van der Waals surface area (Å²) in [6.07, 6.45) is 0.938. The quantitative estimate of drug-likeness (QED) is 0.289. The van der Waals surface area contributed by atoms with Gasteiger partial charge in [-0.2, -0.15) is 0 Å². The smallest absolute Gasteiger partial charge is 0.276 e. The zero-order valence-electron chi connectivity index (χ0n) is 17.2. The van der Waals surface area contributed by atoms with Crippen LogP contribution in [0.1, 0.15) is 17.3 Å². The van der Waals surface area contributed by atoms with Gasteiger partial charge in [0.15, 0.2) is 11.5 Å². The Hall–Kier alpha value is -3.75. The van der Waals surface area contributed by atoms with Gasteiger partial charge < -0.3 is 15.2 Å². The maximum Gasteiger partial charge on any atom is 0.276 e. The number of methoxy groups -OCH3 is 1. The second kappa shape index (κ2) is 9.01. The lowest BCUT2D eigenvalue weighted by atomic mass is 10.1. The predicted octanol–water partition coefficient (Wildman–Crippen LogP) is 5.29. The first kappa shape index (κ1) is 22.4. The van der Waals surface area contributed by atoms with Crippen molar-refractivity contribution in [2.75, 3.05) is 12.0 Å². The number of amides is 1. The van der Waals surface area contributed by atoms with Gasteiger partial charge in [-0.15, -0.1) is 0 Å². The zero-order chi connectivity index (χ0) is 23.7. The number of anilines is 1. The number of non-ortho nitro benzene ring substituents is 1. The topological polar surface area (TPSA) is 105 Å². The van der Waals surface area contributed by atoms with Crippen molar-refractivity contribution in [3.05, 3.63) is 97.6 Å². The lowest BCUT2D eigenvalue weighted by Gasteiger charge is -2.25. The SMILES string of the molecule is COc1cc(/C=C2\NC(c3ccccc3)N(c3c(Cl)cc([N+](=O)[O-])cc3Cl)C2=O)ccc1O. The summed E-state index contributed by atoms with van der Waals surface area (Å²) in [4.78, 5) is 25.4. The minimum absolute atomic E-state index is 0.0291. The van der Waals surface area contributed by atoms with Crippen LogP contribution in [-0.2, 0) is 4.79 Å². The van der Waals surface area contributed by atoms with Gasteiger partial charge in [-0.1, -0.05) is 59.6 Å². The highest BCUT2D eigenvalue weighted by atomic mass is 35.5. The first-order valence-electron chi connectivity index (χ1n) is 9.67. The van der Waals surface area contributed by atoms with Crippen LogP contribution in [0.25, 0.3) is 6.08 Å². The fourth-order valence-electron chi connectivity index (χ4n) is 3.56. The van der Waals surface area contributed by atoms with E-state index in [0.717, 1.165) is 17.7 Å². The number of nitrogens with one attached hydrogen (secondary N) is 1. The molecule has 4 rings (SSSR count). The number of aromatic hydroxyl groups is 1. The lowest BCUT2D eigenvalue weighted by Crippen LogP contribution is -2.30. The minimum atomic E-state index is -0.666. The van der Waals surface area contributed by atoms with E-state index in [9.17, 15) is 20.0 Å². The Morgan fingerprint density at radius 3 is 2.39 bits per heavy atom. The molecule has 0 spiro atoms. The number of carbonyl (C=O) groups is 1. The highest BCUT2D eigenvalue weighted by Gasteiger charge is 2.39. The van der Waals surface area contributed by atoms with Crippen LogP contribution in [0, 0.1) is 10.1 Å². The average molecular weight is 486 g/mol. The molecular formula is C23H17Cl2N3O5. The molecule has 2 N–H and O–H groups in total. The predicted molar refractivity (Wildman–Crippen MR) is 126 cm³/mol. The molecule has 168 valence electrons. The number of rotatable bonds is 5.